The van der Waals surface area contributed by atoms with Crippen molar-refractivity contribution in [2.24, 2.45) is 11.5 Å². The van der Waals surface area contributed by atoms with E-state index in [1.807, 2.05) is 13.8 Å². The fourth-order valence-corrected chi connectivity index (χ4v) is 3.07. The monoisotopic (exact) mass is 252 g/mol. The van der Waals surface area contributed by atoms with Gasteiger partial charge in [-0.05, 0) is 13.3 Å². The Labute approximate surface area is 98.7 Å². The Morgan fingerprint density at radius 1 is 0.812 bits per heavy atom. The summed E-state index contributed by atoms with van der Waals surface area (Å²) in [4.78, 5) is 0. The molecule has 0 aromatic rings. The van der Waals surface area contributed by atoms with E-state index in [-0.39, 0.29) is 0 Å². The molecule has 98 valence electrons. The summed E-state index contributed by atoms with van der Waals surface area (Å²) in [6.45, 7) is 6.44. The average molecular weight is 252 g/mol. The maximum Gasteiger partial charge on any atom is 0.679 e. The summed E-state index contributed by atoms with van der Waals surface area (Å²) in [7, 11) is -3.02. The fraction of sp³-hybridized carbons (Fsp3) is 1.00. The van der Waals surface area contributed by atoms with Crippen LogP contribution < -0.4 is 11.5 Å². The van der Waals surface area contributed by atoms with Gasteiger partial charge >= 0.3 is 9.05 Å². The standard InChI is InChI=1S/C9H24N2O4Si/c1-3-7-13-16(12-4-2,14-8-5-10)15-9-6-11/h3-11H2,1-2H3. The van der Waals surface area contributed by atoms with Gasteiger partial charge in [-0.25, -0.2) is 0 Å². The van der Waals surface area contributed by atoms with Crippen LogP contribution in [0.15, 0.2) is 0 Å². The maximum atomic E-state index is 5.58. The van der Waals surface area contributed by atoms with Crippen LogP contribution >= 0.6 is 0 Å². The van der Waals surface area contributed by atoms with Crippen LogP contribution in [0.2, 0.25) is 0 Å². The van der Waals surface area contributed by atoms with Crippen LogP contribution in [0.4, 0.5) is 0 Å². The minimum atomic E-state index is -3.02. The number of hydrogen-bond acceptors (Lipinski definition) is 6. The van der Waals surface area contributed by atoms with E-state index in [1.165, 1.54) is 0 Å². The van der Waals surface area contributed by atoms with Crippen LogP contribution in [0.5, 0.6) is 0 Å². The van der Waals surface area contributed by atoms with Crippen molar-refractivity contribution in [3.05, 3.63) is 0 Å². The minimum absolute atomic E-state index is 0.362. The van der Waals surface area contributed by atoms with Crippen molar-refractivity contribution in [3.63, 3.8) is 0 Å². The van der Waals surface area contributed by atoms with E-state index in [0.29, 0.717) is 39.5 Å². The van der Waals surface area contributed by atoms with Crippen molar-refractivity contribution < 1.29 is 17.7 Å². The van der Waals surface area contributed by atoms with Gasteiger partial charge in [-0.3, -0.25) is 0 Å². The van der Waals surface area contributed by atoms with Crippen LogP contribution in [0.1, 0.15) is 20.3 Å². The summed E-state index contributed by atoms with van der Waals surface area (Å²) < 4.78 is 22.1. The molecule has 0 rings (SSSR count). The lowest BCUT2D eigenvalue weighted by atomic mass is 10.5. The average Bonchev–Trinajstić information content (AvgIpc) is 2.31. The van der Waals surface area contributed by atoms with Gasteiger partial charge < -0.3 is 29.2 Å². The molecule has 0 heterocycles. The summed E-state index contributed by atoms with van der Waals surface area (Å²) in [6.07, 6.45) is 0.875. The van der Waals surface area contributed by atoms with Gasteiger partial charge in [0.15, 0.2) is 0 Å². The third kappa shape index (κ3) is 6.54. The molecule has 0 aliphatic rings. The third-order valence-electron chi connectivity index (χ3n) is 1.60. The van der Waals surface area contributed by atoms with Gasteiger partial charge in [-0.15, -0.1) is 0 Å². The predicted octanol–water partition coefficient (Wildman–Crippen LogP) is -0.164. The molecular formula is C9H24N2O4Si. The molecule has 0 amide bonds. The summed E-state index contributed by atoms with van der Waals surface area (Å²) >= 11 is 0. The molecule has 0 atom stereocenters. The molecule has 0 aliphatic carbocycles. The lowest BCUT2D eigenvalue weighted by molar-refractivity contribution is -0.0294. The van der Waals surface area contributed by atoms with Crippen LogP contribution in [-0.4, -0.2) is 48.6 Å². The Kier molecular flexibility index (Phi) is 10.1. The zero-order valence-electron chi connectivity index (χ0n) is 10.2. The molecule has 0 saturated carbocycles. The van der Waals surface area contributed by atoms with E-state index in [9.17, 15) is 0 Å². The van der Waals surface area contributed by atoms with Crippen molar-refractivity contribution >= 4 is 9.05 Å². The second-order valence-corrected chi connectivity index (χ2v) is 5.21. The van der Waals surface area contributed by atoms with Gasteiger partial charge in [-0.1, -0.05) is 6.92 Å². The van der Waals surface area contributed by atoms with Crippen molar-refractivity contribution in [2.45, 2.75) is 20.3 Å². The van der Waals surface area contributed by atoms with Crippen LogP contribution in [0.3, 0.4) is 0 Å². The number of rotatable bonds is 11. The molecule has 6 nitrogen and oxygen atoms in total. The van der Waals surface area contributed by atoms with E-state index in [4.69, 9.17) is 29.2 Å². The predicted molar refractivity (Wildman–Crippen MR) is 63.6 cm³/mol. The molecule has 0 bridgehead atoms. The van der Waals surface area contributed by atoms with Gasteiger partial charge in [0.25, 0.3) is 0 Å². The molecule has 0 aromatic heterocycles. The van der Waals surface area contributed by atoms with E-state index < -0.39 is 9.05 Å². The normalized spacial score (nSPS) is 12.0. The highest BCUT2D eigenvalue weighted by Gasteiger charge is 2.45. The highest BCUT2D eigenvalue weighted by Crippen LogP contribution is 2.12. The van der Waals surface area contributed by atoms with Crippen LogP contribution in [-0.2, 0) is 17.7 Å². The molecule has 4 N–H and O–H groups in total. The zero-order valence-corrected chi connectivity index (χ0v) is 11.2. The first-order chi connectivity index (χ1) is 7.74. The van der Waals surface area contributed by atoms with Crippen LogP contribution in [0, 0.1) is 0 Å². The van der Waals surface area contributed by atoms with Gasteiger partial charge in [-0.2, -0.15) is 0 Å². The van der Waals surface area contributed by atoms with Gasteiger partial charge in [0, 0.05) is 26.3 Å². The molecule has 0 radical (unpaired) electrons. The highest BCUT2D eigenvalue weighted by molar-refractivity contribution is 6.53. The van der Waals surface area contributed by atoms with Crippen molar-refractivity contribution in [1.29, 1.82) is 0 Å². The van der Waals surface area contributed by atoms with Gasteiger partial charge in [0.05, 0.1) is 13.2 Å². The summed E-state index contributed by atoms with van der Waals surface area (Å²) in [5, 5.41) is 0. The van der Waals surface area contributed by atoms with E-state index >= 15 is 0 Å². The number of nitrogens with two attached hydrogens (primary N) is 2. The highest BCUT2D eigenvalue weighted by atomic mass is 28.4. The Balaban J connectivity index is 4.32. The summed E-state index contributed by atoms with van der Waals surface area (Å²) in [6, 6.07) is 0. The zero-order chi connectivity index (χ0) is 12.3. The fourth-order valence-electron chi connectivity index (χ4n) is 1.02. The summed E-state index contributed by atoms with van der Waals surface area (Å²) in [5.74, 6) is 0. The second kappa shape index (κ2) is 10.2. The van der Waals surface area contributed by atoms with Gasteiger partial charge in [0.2, 0.25) is 0 Å². The van der Waals surface area contributed by atoms with Crippen molar-refractivity contribution in [2.75, 3.05) is 39.5 Å². The first-order valence-corrected chi connectivity index (χ1v) is 7.33. The van der Waals surface area contributed by atoms with Crippen molar-refractivity contribution in [3.8, 4) is 0 Å². The first-order valence-electron chi connectivity index (χ1n) is 5.70. The molecular weight excluding hydrogens is 228 g/mol. The van der Waals surface area contributed by atoms with Crippen molar-refractivity contribution in [1.82, 2.24) is 0 Å². The molecule has 16 heavy (non-hydrogen) atoms. The number of hydrogen-bond donors (Lipinski definition) is 2. The molecule has 0 aliphatic heterocycles. The Morgan fingerprint density at radius 3 is 1.69 bits per heavy atom. The van der Waals surface area contributed by atoms with Gasteiger partial charge in [0.1, 0.15) is 0 Å². The molecule has 0 aromatic carbocycles. The largest absolute Gasteiger partial charge is 0.679 e. The summed E-state index contributed by atoms with van der Waals surface area (Å²) in [5.41, 5.74) is 10.8. The Morgan fingerprint density at radius 2 is 1.31 bits per heavy atom. The van der Waals surface area contributed by atoms with E-state index in [0.717, 1.165) is 6.42 Å². The van der Waals surface area contributed by atoms with E-state index in [2.05, 4.69) is 0 Å². The van der Waals surface area contributed by atoms with Crippen LogP contribution in [0.25, 0.3) is 0 Å². The maximum absolute atomic E-state index is 5.58. The second-order valence-electron chi connectivity index (χ2n) is 3.06. The third-order valence-corrected chi connectivity index (χ3v) is 3.91. The molecule has 0 unspecified atom stereocenters. The molecule has 0 fully saturated rings. The molecule has 7 heteroatoms. The minimum Gasteiger partial charge on any atom is -0.351 e. The SMILES string of the molecule is CCCO[Si](OCC)(OCCN)OCCN. The molecule has 0 saturated heterocycles. The Hall–Kier alpha value is -0.0231. The lowest BCUT2D eigenvalue weighted by Gasteiger charge is -2.27. The topological polar surface area (TPSA) is 89.0 Å². The first kappa shape index (κ1) is 16.0. The lowest BCUT2D eigenvalue weighted by Crippen LogP contribution is -2.51. The smallest absolute Gasteiger partial charge is 0.351 e. The Bertz CT molecular complexity index is 141. The molecule has 0 spiro atoms. The quantitative estimate of drug-likeness (QED) is 0.497. The van der Waals surface area contributed by atoms with E-state index in [1.54, 1.807) is 0 Å².